The second-order valence-corrected chi connectivity index (χ2v) is 4.63. The van der Waals surface area contributed by atoms with Crippen LogP contribution in [0.4, 0.5) is 4.39 Å². The topological polar surface area (TPSA) is 46.0 Å². The Balaban J connectivity index is 1.95. The van der Waals surface area contributed by atoms with Gasteiger partial charge < -0.3 is 5.11 Å². The molecule has 1 N–H and O–H groups in total. The fourth-order valence-electron chi connectivity index (χ4n) is 2.16. The van der Waals surface area contributed by atoms with E-state index in [-0.39, 0.29) is 12.4 Å². The molecular formula is C17H13FN2O. The summed E-state index contributed by atoms with van der Waals surface area (Å²) in [6.07, 6.45) is 0. The van der Waals surface area contributed by atoms with Gasteiger partial charge >= 0.3 is 0 Å². The molecule has 3 aromatic rings. The van der Waals surface area contributed by atoms with Crippen molar-refractivity contribution in [1.29, 1.82) is 0 Å². The van der Waals surface area contributed by atoms with Crippen molar-refractivity contribution in [3.05, 3.63) is 72.0 Å². The minimum absolute atomic E-state index is 0.0441. The van der Waals surface area contributed by atoms with Crippen LogP contribution in [0.15, 0.2) is 60.7 Å². The number of rotatable bonds is 3. The summed E-state index contributed by atoms with van der Waals surface area (Å²) in [5.41, 5.74) is 3.86. The highest BCUT2D eigenvalue weighted by molar-refractivity contribution is 5.66. The van der Waals surface area contributed by atoms with E-state index >= 15 is 0 Å². The van der Waals surface area contributed by atoms with Gasteiger partial charge in [0.15, 0.2) is 0 Å². The highest BCUT2D eigenvalue weighted by atomic mass is 19.1. The Morgan fingerprint density at radius 3 is 2.14 bits per heavy atom. The van der Waals surface area contributed by atoms with Crippen LogP contribution in [-0.4, -0.2) is 15.3 Å². The van der Waals surface area contributed by atoms with Crippen LogP contribution in [-0.2, 0) is 6.61 Å². The summed E-state index contributed by atoms with van der Waals surface area (Å²) < 4.78 is 12.9. The van der Waals surface area contributed by atoms with Crippen LogP contribution in [0, 0.1) is 5.82 Å². The molecule has 1 aromatic heterocycles. The van der Waals surface area contributed by atoms with Gasteiger partial charge in [0, 0.05) is 11.1 Å². The lowest BCUT2D eigenvalue weighted by atomic mass is 10.0. The zero-order valence-corrected chi connectivity index (χ0v) is 11.2. The van der Waals surface area contributed by atoms with E-state index in [1.165, 1.54) is 12.1 Å². The highest BCUT2D eigenvalue weighted by Crippen LogP contribution is 2.23. The molecule has 104 valence electrons. The van der Waals surface area contributed by atoms with Crippen LogP contribution in [0.5, 0.6) is 0 Å². The number of benzene rings is 2. The first-order valence-corrected chi connectivity index (χ1v) is 6.57. The lowest BCUT2D eigenvalue weighted by molar-refractivity contribution is 0.282. The fraction of sp³-hybridized carbons (Fsp3) is 0.0588. The molecule has 0 aliphatic rings. The average molecular weight is 280 g/mol. The van der Waals surface area contributed by atoms with Crippen LogP contribution in [0.2, 0.25) is 0 Å². The minimum atomic E-state index is -0.278. The number of halogens is 1. The van der Waals surface area contributed by atoms with E-state index < -0.39 is 0 Å². The number of hydrogen-bond donors (Lipinski definition) is 1. The van der Waals surface area contributed by atoms with Crippen LogP contribution in [0.1, 0.15) is 5.56 Å². The van der Waals surface area contributed by atoms with Gasteiger partial charge in [0.05, 0.1) is 18.0 Å². The zero-order valence-electron chi connectivity index (χ0n) is 11.2. The smallest absolute Gasteiger partial charge is 0.123 e. The molecule has 4 heteroatoms. The van der Waals surface area contributed by atoms with Gasteiger partial charge in [-0.2, -0.15) is 0 Å². The largest absolute Gasteiger partial charge is 0.392 e. The molecule has 0 spiro atoms. The maximum absolute atomic E-state index is 12.9. The molecule has 0 unspecified atom stereocenters. The summed E-state index contributed by atoms with van der Waals surface area (Å²) in [4.78, 5) is 0. The van der Waals surface area contributed by atoms with Crippen molar-refractivity contribution in [1.82, 2.24) is 10.2 Å². The first kappa shape index (κ1) is 13.4. The monoisotopic (exact) mass is 280 g/mol. The third-order valence-corrected chi connectivity index (χ3v) is 3.27. The molecule has 1 heterocycles. The van der Waals surface area contributed by atoms with Crippen molar-refractivity contribution >= 4 is 0 Å². The first-order valence-electron chi connectivity index (χ1n) is 6.57. The summed E-state index contributed by atoms with van der Waals surface area (Å²) in [7, 11) is 0. The predicted octanol–water partition coefficient (Wildman–Crippen LogP) is 3.44. The Labute approximate surface area is 121 Å². The number of aliphatic hydroxyl groups is 1. The lowest BCUT2D eigenvalue weighted by Crippen LogP contribution is -1.94. The van der Waals surface area contributed by atoms with E-state index in [4.69, 9.17) is 0 Å². The molecule has 21 heavy (non-hydrogen) atoms. The molecule has 0 radical (unpaired) electrons. The van der Waals surface area contributed by atoms with Crippen molar-refractivity contribution in [3.63, 3.8) is 0 Å². The summed E-state index contributed by atoms with van der Waals surface area (Å²) in [6, 6.07) is 17.3. The van der Waals surface area contributed by atoms with E-state index in [1.54, 1.807) is 12.1 Å². The highest BCUT2D eigenvalue weighted by Gasteiger charge is 2.07. The van der Waals surface area contributed by atoms with Crippen LogP contribution in [0.25, 0.3) is 22.5 Å². The first-order chi connectivity index (χ1) is 10.3. The zero-order chi connectivity index (χ0) is 14.7. The molecule has 0 saturated carbocycles. The molecule has 0 aliphatic heterocycles. The molecule has 0 fully saturated rings. The Bertz CT molecular complexity index is 739. The van der Waals surface area contributed by atoms with Crippen molar-refractivity contribution < 1.29 is 9.50 Å². The third-order valence-electron chi connectivity index (χ3n) is 3.27. The van der Waals surface area contributed by atoms with Gasteiger partial charge in [0.1, 0.15) is 5.82 Å². The molecule has 0 saturated heterocycles. The molecule has 2 aromatic carbocycles. The Morgan fingerprint density at radius 2 is 1.48 bits per heavy atom. The summed E-state index contributed by atoms with van der Waals surface area (Å²) in [5.74, 6) is -0.278. The predicted molar refractivity (Wildman–Crippen MR) is 78.8 cm³/mol. The quantitative estimate of drug-likeness (QED) is 0.799. The standard InChI is InChI=1S/C17H13FN2O/c18-14-7-5-12(6-8-14)16-9-10-17(20-19-16)15-4-2-1-3-13(15)11-21/h1-10,21H,11H2. The van der Waals surface area contributed by atoms with Gasteiger partial charge in [0.25, 0.3) is 0 Å². The van der Waals surface area contributed by atoms with Crippen LogP contribution in [0.3, 0.4) is 0 Å². The Hall–Kier alpha value is -2.59. The van der Waals surface area contributed by atoms with E-state index in [1.807, 2.05) is 36.4 Å². The van der Waals surface area contributed by atoms with Gasteiger partial charge in [0.2, 0.25) is 0 Å². The van der Waals surface area contributed by atoms with E-state index in [9.17, 15) is 9.50 Å². The number of aliphatic hydroxyl groups excluding tert-OH is 1. The maximum atomic E-state index is 12.9. The molecule has 0 bridgehead atoms. The molecule has 0 aliphatic carbocycles. The van der Waals surface area contributed by atoms with Gasteiger partial charge in [-0.3, -0.25) is 0 Å². The van der Waals surface area contributed by atoms with Crippen LogP contribution >= 0.6 is 0 Å². The second-order valence-electron chi connectivity index (χ2n) is 4.63. The summed E-state index contributed by atoms with van der Waals surface area (Å²) in [6.45, 7) is -0.0441. The normalized spacial score (nSPS) is 10.6. The Morgan fingerprint density at radius 1 is 0.810 bits per heavy atom. The summed E-state index contributed by atoms with van der Waals surface area (Å²) >= 11 is 0. The average Bonchev–Trinajstić information content (AvgIpc) is 2.56. The molecule has 3 rings (SSSR count). The molecule has 3 nitrogen and oxygen atoms in total. The molecular weight excluding hydrogens is 267 g/mol. The lowest BCUT2D eigenvalue weighted by Gasteiger charge is -2.06. The van der Waals surface area contributed by atoms with Crippen molar-refractivity contribution in [2.24, 2.45) is 0 Å². The van der Waals surface area contributed by atoms with Gasteiger partial charge in [-0.25, -0.2) is 4.39 Å². The van der Waals surface area contributed by atoms with Gasteiger partial charge in [-0.05, 0) is 42.0 Å². The SMILES string of the molecule is OCc1ccccc1-c1ccc(-c2ccc(F)cc2)nn1. The van der Waals surface area contributed by atoms with Crippen molar-refractivity contribution in [3.8, 4) is 22.5 Å². The Kier molecular flexibility index (Phi) is 3.71. The summed E-state index contributed by atoms with van der Waals surface area (Å²) in [5, 5.41) is 17.7. The minimum Gasteiger partial charge on any atom is -0.392 e. The fourth-order valence-corrected chi connectivity index (χ4v) is 2.16. The van der Waals surface area contributed by atoms with Gasteiger partial charge in [-0.1, -0.05) is 24.3 Å². The van der Waals surface area contributed by atoms with E-state index in [0.717, 1.165) is 16.7 Å². The van der Waals surface area contributed by atoms with Crippen molar-refractivity contribution in [2.75, 3.05) is 0 Å². The van der Waals surface area contributed by atoms with Crippen molar-refractivity contribution in [2.45, 2.75) is 6.61 Å². The van der Waals surface area contributed by atoms with E-state index in [0.29, 0.717) is 11.4 Å². The number of nitrogens with zero attached hydrogens (tertiary/aromatic N) is 2. The molecule has 0 atom stereocenters. The number of hydrogen-bond acceptors (Lipinski definition) is 3. The van der Waals surface area contributed by atoms with Gasteiger partial charge in [-0.15, -0.1) is 10.2 Å². The van der Waals surface area contributed by atoms with E-state index in [2.05, 4.69) is 10.2 Å². The maximum Gasteiger partial charge on any atom is 0.123 e. The third kappa shape index (κ3) is 2.80. The van der Waals surface area contributed by atoms with Crippen LogP contribution < -0.4 is 0 Å². The number of aromatic nitrogens is 2. The molecule has 0 amide bonds. The second kappa shape index (κ2) is 5.81.